The number of aromatic nitrogens is 2. The fourth-order valence-electron chi connectivity index (χ4n) is 3.19. The van der Waals surface area contributed by atoms with Crippen LogP contribution in [0.2, 0.25) is 0 Å². The Morgan fingerprint density at radius 3 is 3.00 bits per heavy atom. The molecule has 0 unspecified atom stereocenters. The van der Waals surface area contributed by atoms with Crippen LogP contribution in [0.25, 0.3) is 0 Å². The second-order valence-corrected chi connectivity index (χ2v) is 6.04. The number of rotatable bonds is 3. The molecule has 0 spiro atoms. The summed E-state index contributed by atoms with van der Waals surface area (Å²) in [6.07, 6.45) is 6.62. The van der Waals surface area contributed by atoms with Gasteiger partial charge >= 0.3 is 0 Å². The molecule has 2 aliphatic rings. The summed E-state index contributed by atoms with van der Waals surface area (Å²) in [4.78, 5) is 23.3. The highest BCUT2D eigenvalue weighted by Crippen LogP contribution is 2.24. The third-order valence-corrected chi connectivity index (χ3v) is 4.47. The van der Waals surface area contributed by atoms with E-state index in [0.29, 0.717) is 18.9 Å². The second kappa shape index (κ2) is 6.52. The summed E-state index contributed by atoms with van der Waals surface area (Å²) >= 11 is 0. The monoisotopic (exact) mass is 288 g/mol. The number of carbonyl (C=O) groups excluding carboxylic acids is 1. The topological polar surface area (TPSA) is 58.1 Å². The maximum absolute atomic E-state index is 12.0. The van der Waals surface area contributed by atoms with Crippen molar-refractivity contribution in [3.63, 3.8) is 0 Å². The van der Waals surface area contributed by atoms with Crippen molar-refractivity contribution in [3.8, 4) is 0 Å². The van der Waals surface area contributed by atoms with Crippen LogP contribution in [0.3, 0.4) is 0 Å². The molecule has 0 radical (unpaired) electrons. The van der Waals surface area contributed by atoms with Crippen molar-refractivity contribution in [2.45, 2.75) is 51.5 Å². The summed E-state index contributed by atoms with van der Waals surface area (Å²) in [5, 5.41) is 3.38. The molecule has 1 fully saturated rings. The summed E-state index contributed by atoms with van der Waals surface area (Å²) < 4.78 is 0. The smallest absolute Gasteiger partial charge is 0.222 e. The first-order chi connectivity index (χ1) is 10.3. The Bertz CT molecular complexity index is 511. The van der Waals surface area contributed by atoms with Crippen molar-refractivity contribution in [2.24, 2.45) is 0 Å². The third kappa shape index (κ3) is 3.23. The van der Waals surface area contributed by atoms with Gasteiger partial charge in [0, 0.05) is 43.6 Å². The molecule has 1 saturated heterocycles. The van der Waals surface area contributed by atoms with E-state index in [-0.39, 0.29) is 5.91 Å². The molecular weight excluding hydrogens is 264 g/mol. The van der Waals surface area contributed by atoms with Crippen LogP contribution in [0, 0.1) is 0 Å². The molecule has 0 saturated carbocycles. The molecule has 1 aromatic rings. The highest BCUT2D eigenvalue weighted by atomic mass is 16.2. The molecule has 3 heterocycles. The summed E-state index contributed by atoms with van der Waals surface area (Å²) in [6.45, 7) is 5.65. The van der Waals surface area contributed by atoms with Gasteiger partial charge in [-0.15, -0.1) is 0 Å². The van der Waals surface area contributed by atoms with Gasteiger partial charge in [0.15, 0.2) is 0 Å². The molecule has 0 atom stereocenters. The van der Waals surface area contributed by atoms with Gasteiger partial charge in [0.2, 0.25) is 5.91 Å². The largest absolute Gasteiger partial charge is 0.338 e. The van der Waals surface area contributed by atoms with Gasteiger partial charge in [-0.3, -0.25) is 4.79 Å². The van der Waals surface area contributed by atoms with Gasteiger partial charge in [0.1, 0.15) is 5.82 Å². The lowest BCUT2D eigenvalue weighted by Crippen LogP contribution is -2.36. The van der Waals surface area contributed by atoms with Crippen LogP contribution in [0.4, 0.5) is 0 Å². The highest BCUT2D eigenvalue weighted by Gasteiger charge is 2.24. The lowest BCUT2D eigenvalue weighted by molar-refractivity contribution is -0.132. The van der Waals surface area contributed by atoms with Gasteiger partial charge in [0.25, 0.3) is 0 Å². The van der Waals surface area contributed by atoms with Gasteiger partial charge in [-0.05, 0) is 32.4 Å². The Morgan fingerprint density at radius 1 is 1.43 bits per heavy atom. The number of nitrogens with zero attached hydrogens (tertiary/aromatic N) is 3. The Morgan fingerprint density at radius 2 is 2.24 bits per heavy atom. The normalized spacial score (nSPS) is 19.4. The molecule has 1 amide bonds. The average Bonchev–Trinajstić information content (AvgIpc) is 2.55. The lowest BCUT2D eigenvalue weighted by atomic mass is 9.96. The van der Waals surface area contributed by atoms with E-state index in [4.69, 9.17) is 4.98 Å². The van der Waals surface area contributed by atoms with E-state index in [1.807, 2.05) is 18.0 Å². The Hall–Kier alpha value is -1.49. The molecule has 114 valence electrons. The van der Waals surface area contributed by atoms with Crippen molar-refractivity contribution in [3.05, 3.63) is 23.3 Å². The van der Waals surface area contributed by atoms with Crippen LogP contribution in [0.5, 0.6) is 0 Å². The minimum atomic E-state index is 0.255. The van der Waals surface area contributed by atoms with Crippen molar-refractivity contribution >= 4 is 5.91 Å². The van der Waals surface area contributed by atoms with Crippen LogP contribution in [0.1, 0.15) is 55.6 Å². The van der Waals surface area contributed by atoms with Gasteiger partial charge in [0.05, 0.1) is 5.69 Å². The number of hydrogen-bond acceptors (Lipinski definition) is 4. The molecule has 5 nitrogen and oxygen atoms in total. The lowest BCUT2D eigenvalue weighted by Gasteiger charge is -2.29. The Labute approximate surface area is 126 Å². The molecule has 1 aromatic heterocycles. The van der Waals surface area contributed by atoms with Crippen molar-refractivity contribution in [1.29, 1.82) is 0 Å². The fraction of sp³-hybridized carbons (Fsp3) is 0.688. The van der Waals surface area contributed by atoms with Gasteiger partial charge in [-0.1, -0.05) is 6.92 Å². The number of carbonyl (C=O) groups is 1. The molecule has 1 N–H and O–H groups in total. The molecular formula is C16H24N4O. The number of nitrogens with one attached hydrogen (secondary N) is 1. The first-order valence-electron chi connectivity index (χ1n) is 8.11. The standard InChI is InChI=1S/C16H24N4O/c1-2-3-15(21)20-9-6-14-13(11-20)10-18-16(19-14)12-4-7-17-8-5-12/h10,12,17H,2-9,11H2,1H3. The third-order valence-electron chi connectivity index (χ3n) is 4.47. The number of hydrogen-bond donors (Lipinski definition) is 1. The van der Waals surface area contributed by atoms with Crippen LogP contribution in [-0.2, 0) is 17.8 Å². The van der Waals surface area contributed by atoms with E-state index < -0.39 is 0 Å². The van der Waals surface area contributed by atoms with Crippen molar-refractivity contribution in [1.82, 2.24) is 20.2 Å². The second-order valence-electron chi connectivity index (χ2n) is 6.04. The van der Waals surface area contributed by atoms with Crippen LogP contribution < -0.4 is 5.32 Å². The van der Waals surface area contributed by atoms with Crippen LogP contribution >= 0.6 is 0 Å². The Balaban J connectivity index is 1.71. The van der Waals surface area contributed by atoms with Gasteiger partial charge in [-0.25, -0.2) is 9.97 Å². The number of piperidine rings is 1. The first kappa shape index (κ1) is 14.4. The fourth-order valence-corrected chi connectivity index (χ4v) is 3.19. The van der Waals surface area contributed by atoms with Crippen LogP contribution in [-0.4, -0.2) is 40.4 Å². The number of amides is 1. The van der Waals surface area contributed by atoms with Crippen LogP contribution in [0.15, 0.2) is 6.20 Å². The summed E-state index contributed by atoms with van der Waals surface area (Å²) in [5.74, 6) is 1.76. The average molecular weight is 288 g/mol. The molecule has 3 rings (SSSR count). The zero-order valence-electron chi connectivity index (χ0n) is 12.8. The summed E-state index contributed by atoms with van der Waals surface area (Å²) in [5.41, 5.74) is 2.28. The first-order valence-corrected chi connectivity index (χ1v) is 8.11. The van der Waals surface area contributed by atoms with E-state index in [1.165, 1.54) is 0 Å². The van der Waals surface area contributed by atoms with Crippen molar-refractivity contribution in [2.75, 3.05) is 19.6 Å². The SMILES string of the molecule is CCCC(=O)N1CCc2nc(C3CCNCC3)ncc2C1. The Kier molecular flexibility index (Phi) is 4.48. The molecule has 0 aliphatic carbocycles. The minimum Gasteiger partial charge on any atom is -0.338 e. The predicted molar refractivity (Wildman–Crippen MR) is 80.9 cm³/mol. The van der Waals surface area contributed by atoms with E-state index in [1.54, 1.807) is 0 Å². The quantitative estimate of drug-likeness (QED) is 0.918. The molecule has 0 bridgehead atoms. The molecule has 21 heavy (non-hydrogen) atoms. The van der Waals surface area contributed by atoms with Gasteiger partial charge in [-0.2, -0.15) is 0 Å². The maximum atomic E-state index is 12.0. The zero-order chi connectivity index (χ0) is 14.7. The zero-order valence-corrected chi connectivity index (χ0v) is 12.8. The molecule has 5 heteroatoms. The maximum Gasteiger partial charge on any atom is 0.222 e. The van der Waals surface area contributed by atoms with E-state index >= 15 is 0 Å². The predicted octanol–water partition coefficient (Wildman–Crippen LogP) is 1.63. The molecule has 0 aromatic carbocycles. The van der Waals surface area contributed by atoms with E-state index in [9.17, 15) is 4.79 Å². The highest BCUT2D eigenvalue weighted by molar-refractivity contribution is 5.76. The van der Waals surface area contributed by atoms with E-state index in [0.717, 1.165) is 62.4 Å². The molecule has 2 aliphatic heterocycles. The minimum absolute atomic E-state index is 0.255. The van der Waals surface area contributed by atoms with E-state index in [2.05, 4.69) is 10.3 Å². The summed E-state index contributed by atoms with van der Waals surface area (Å²) in [6, 6.07) is 0. The summed E-state index contributed by atoms with van der Waals surface area (Å²) in [7, 11) is 0. The van der Waals surface area contributed by atoms with Crippen molar-refractivity contribution < 1.29 is 4.79 Å². The van der Waals surface area contributed by atoms with Gasteiger partial charge < -0.3 is 10.2 Å². The number of fused-ring (bicyclic) bond motifs is 1.